The molecule has 0 fully saturated rings. The molecule has 0 amide bonds. The molecule has 0 aliphatic rings. The molecule has 0 atom stereocenters. The van der Waals surface area contributed by atoms with E-state index >= 15 is 0 Å². The summed E-state index contributed by atoms with van der Waals surface area (Å²) in [6.45, 7) is 10.3. The summed E-state index contributed by atoms with van der Waals surface area (Å²) in [6, 6.07) is 10.9. The number of benzene rings is 1. The normalized spacial score (nSPS) is 9.74. The third-order valence-electron chi connectivity index (χ3n) is 3.22. The molecule has 2 rings (SSSR count). The molecule has 0 aliphatic heterocycles. The van der Waals surface area contributed by atoms with E-state index in [1.807, 2.05) is 0 Å². The van der Waals surface area contributed by atoms with Gasteiger partial charge in [0.05, 0.1) is 11.7 Å². The summed E-state index contributed by atoms with van der Waals surface area (Å²) in [5, 5.41) is 1.27. The number of pyridine rings is 1. The van der Waals surface area contributed by atoms with Crippen LogP contribution in [0.1, 0.15) is 11.3 Å². The maximum Gasteiger partial charge on any atom is 0 e. The zero-order chi connectivity index (χ0) is 15.8. The van der Waals surface area contributed by atoms with E-state index in [-0.39, 0.29) is 60.1 Å². The second-order valence-electron chi connectivity index (χ2n) is 5.73. The molecular formula is C17H25N2OPRuY+2. The first-order chi connectivity index (χ1) is 10.1. The van der Waals surface area contributed by atoms with E-state index < -0.39 is 0 Å². The Kier molecular flexibility index (Phi) is 15.4. The smallest absolute Gasteiger partial charge is 0 e. The van der Waals surface area contributed by atoms with Gasteiger partial charge in [0.15, 0.2) is 0 Å². The molecule has 123 valence electrons. The largest absolute Gasteiger partial charge is 0 e. The number of hydrogen-bond acceptors (Lipinski definition) is 2. The fraction of sp³-hybridized carbons (Fsp3) is 0.412. The molecule has 0 aliphatic carbocycles. The standard InChI is InChI=1S/C16H23N2P.CO.Ru.Y.H/c1-18(2)11-10-15-9-8-13-6-5-7-14(12-19(3)4)16(13)17-15;1-2;;;/h5-9H,10-12H2,1-4H3;;;;/q;;+1;;/p+1. The van der Waals surface area contributed by atoms with Crippen molar-refractivity contribution in [3.63, 3.8) is 0 Å². The predicted octanol–water partition coefficient (Wildman–Crippen LogP) is 3.00. The number of likely N-dealkylation sites (N-methyl/N-ethyl adjacent to an activating group) is 1. The molecule has 0 unspecified atom stereocenters. The maximum atomic E-state index is 7.50. The number of aromatic nitrogens is 1. The topological polar surface area (TPSA) is 36.0 Å². The van der Waals surface area contributed by atoms with E-state index in [9.17, 15) is 0 Å². The Hall–Kier alpha value is 0.487. The minimum absolute atomic E-state index is 0. The summed E-state index contributed by atoms with van der Waals surface area (Å²) in [5.74, 6) is 0. The van der Waals surface area contributed by atoms with Crippen molar-refractivity contribution in [2.24, 2.45) is 0 Å². The van der Waals surface area contributed by atoms with E-state index in [4.69, 9.17) is 9.64 Å². The van der Waals surface area contributed by atoms with Gasteiger partial charge in [0, 0.05) is 75.6 Å². The molecule has 0 bridgehead atoms. The van der Waals surface area contributed by atoms with E-state index in [0.717, 1.165) is 13.0 Å². The van der Waals surface area contributed by atoms with Gasteiger partial charge in [0.25, 0.3) is 0 Å². The molecule has 2 radical (unpaired) electrons. The Morgan fingerprint density at radius 2 is 1.78 bits per heavy atom. The molecular weight excluding hydrogens is 469 g/mol. The molecule has 0 N–H and O–H groups in total. The zero-order valence-electron chi connectivity index (χ0n) is 14.3. The fourth-order valence-corrected chi connectivity index (χ4v) is 3.30. The minimum Gasteiger partial charge on any atom is 0 e. The molecule has 23 heavy (non-hydrogen) atoms. The molecule has 1 aromatic carbocycles. The van der Waals surface area contributed by atoms with Crippen LogP contribution in [0, 0.1) is 6.65 Å². The Morgan fingerprint density at radius 1 is 1.13 bits per heavy atom. The van der Waals surface area contributed by atoms with Crippen molar-refractivity contribution in [1.29, 1.82) is 0 Å². The summed E-state index contributed by atoms with van der Waals surface area (Å²) in [6.07, 6.45) is 2.22. The second-order valence-corrected chi connectivity index (χ2v) is 8.50. The molecule has 2 aromatic rings. The van der Waals surface area contributed by atoms with Crippen molar-refractivity contribution in [3.05, 3.63) is 48.2 Å². The van der Waals surface area contributed by atoms with Gasteiger partial charge < -0.3 is 4.90 Å². The molecule has 6 heteroatoms. The Morgan fingerprint density at radius 3 is 2.35 bits per heavy atom. The van der Waals surface area contributed by atoms with Gasteiger partial charge in [0.2, 0.25) is 0 Å². The van der Waals surface area contributed by atoms with Crippen LogP contribution in [0.4, 0.5) is 0 Å². The van der Waals surface area contributed by atoms with Gasteiger partial charge >= 0.3 is 30.8 Å². The van der Waals surface area contributed by atoms with Crippen LogP contribution in [0.2, 0.25) is 0 Å². The van der Waals surface area contributed by atoms with E-state index in [0.29, 0.717) is 0 Å². The zero-order valence-corrected chi connectivity index (χ0v) is 20.0. The van der Waals surface area contributed by atoms with Gasteiger partial charge in [0.1, 0.15) is 0 Å². The Bertz CT molecular complexity index is 605. The van der Waals surface area contributed by atoms with E-state index in [1.165, 1.54) is 28.3 Å². The van der Waals surface area contributed by atoms with Crippen molar-refractivity contribution in [2.45, 2.75) is 12.6 Å². The maximum absolute atomic E-state index is 7.50. The molecule has 0 saturated carbocycles. The number of nitrogens with zero attached hydrogens (tertiary/aromatic N) is 2. The number of hydrogen-bond donors (Lipinski definition) is 0. The van der Waals surface area contributed by atoms with Crippen LogP contribution in [-0.2, 0) is 69.4 Å². The van der Waals surface area contributed by atoms with Gasteiger partial charge in [-0.3, -0.25) is 4.98 Å². The first kappa shape index (κ1) is 25.7. The number of rotatable bonds is 5. The van der Waals surface area contributed by atoms with E-state index in [1.54, 1.807) is 0 Å². The summed E-state index contributed by atoms with van der Waals surface area (Å²) < 4.78 is 7.50. The summed E-state index contributed by atoms with van der Waals surface area (Å²) in [7, 11) is 3.95. The van der Waals surface area contributed by atoms with Crippen LogP contribution in [0.5, 0.6) is 0 Å². The monoisotopic (exact) mass is 495 g/mol. The second kappa shape index (κ2) is 13.7. The minimum atomic E-state index is -0.264. The first-order valence-electron chi connectivity index (χ1n) is 7.08. The van der Waals surface area contributed by atoms with Crippen molar-refractivity contribution in [1.82, 2.24) is 9.88 Å². The van der Waals surface area contributed by atoms with Crippen LogP contribution < -0.4 is 0 Å². The van der Waals surface area contributed by atoms with Crippen LogP contribution in [-0.4, -0.2) is 43.9 Å². The van der Waals surface area contributed by atoms with Gasteiger partial charge in [-0.15, -0.1) is 0 Å². The van der Waals surface area contributed by atoms with Crippen molar-refractivity contribution in [3.8, 4) is 0 Å². The summed E-state index contributed by atoms with van der Waals surface area (Å²) >= 11 is 0. The molecule has 1 aromatic heterocycles. The molecule has 0 spiro atoms. The van der Waals surface area contributed by atoms with Crippen molar-refractivity contribution < 1.29 is 56.8 Å². The van der Waals surface area contributed by atoms with Gasteiger partial charge in [-0.25, -0.2) is 0 Å². The number of fused-ring (bicyclic) bond motifs is 1. The third-order valence-corrected chi connectivity index (χ3v) is 4.31. The first-order valence-corrected chi connectivity index (χ1v) is 9.78. The average Bonchev–Trinajstić information content (AvgIpc) is 2.47. The Labute approximate surface area is 179 Å². The van der Waals surface area contributed by atoms with E-state index in [2.05, 4.69) is 69.3 Å². The quantitative estimate of drug-likeness (QED) is 0.278. The average molecular weight is 494 g/mol. The summed E-state index contributed by atoms with van der Waals surface area (Å²) in [5.41, 5.74) is 3.84. The van der Waals surface area contributed by atoms with Crippen molar-refractivity contribution >= 4 is 18.8 Å². The predicted molar refractivity (Wildman–Crippen MR) is 93.2 cm³/mol. The third kappa shape index (κ3) is 8.94. The van der Waals surface area contributed by atoms with Crippen LogP contribution >= 0.6 is 7.92 Å². The SMILES string of the molecule is CN(C)CCc1ccc2cccc(C[PH+](C)C)c2n1.[C-]#[O+].[RuH+].[Y]. The van der Waals surface area contributed by atoms with Gasteiger partial charge in [-0.2, -0.15) is 0 Å². The van der Waals surface area contributed by atoms with Crippen molar-refractivity contribution in [2.75, 3.05) is 34.0 Å². The van der Waals surface area contributed by atoms with Crippen LogP contribution in [0.3, 0.4) is 0 Å². The van der Waals surface area contributed by atoms with Gasteiger partial charge in [-0.1, -0.05) is 24.3 Å². The van der Waals surface area contributed by atoms with Gasteiger partial charge in [-0.05, 0) is 28.1 Å². The van der Waals surface area contributed by atoms with Crippen LogP contribution in [0.25, 0.3) is 10.9 Å². The number of para-hydroxylation sites is 1. The van der Waals surface area contributed by atoms with Crippen LogP contribution in [0.15, 0.2) is 30.3 Å². The Balaban J connectivity index is 0. The summed E-state index contributed by atoms with van der Waals surface area (Å²) in [4.78, 5) is 7.10. The fourth-order valence-electron chi connectivity index (χ4n) is 2.25. The molecule has 3 nitrogen and oxygen atoms in total. The molecule has 0 saturated heterocycles. The molecule has 1 heterocycles.